The van der Waals surface area contributed by atoms with Gasteiger partial charge in [0, 0.05) is 7.26 Å². The van der Waals surface area contributed by atoms with Crippen molar-refractivity contribution in [3.8, 4) is 0 Å². The van der Waals surface area contributed by atoms with E-state index in [0.29, 0.717) is 0 Å². The van der Waals surface area contributed by atoms with Gasteiger partial charge in [0.1, 0.15) is 0 Å². The van der Waals surface area contributed by atoms with Gasteiger partial charge in [0.15, 0.2) is 0 Å². The third-order valence-electron chi connectivity index (χ3n) is 3.41. The van der Waals surface area contributed by atoms with Crippen LogP contribution >= 0.6 is 7.26 Å². The molecule has 12 heavy (non-hydrogen) atoms. The van der Waals surface area contributed by atoms with Crippen molar-refractivity contribution >= 4 is 7.26 Å². The van der Waals surface area contributed by atoms with Crippen LogP contribution in [0.3, 0.4) is 0 Å². The minimum absolute atomic E-state index is 0.512. The van der Waals surface area contributed by atoms with Crippen LogP contribution in [0, 0.1) is 5.92 Å². The fraction of sp³-hybridized carbons (Fsp3) is 1.00. The zero-order chi connectivity index (χ0) is 9.61. The van der Waals surface area contributed by atoms with Crippen LogP contribution in [0.1, 0.15) is 41.0 Å². The Morgan fingerprint density at radius 3 is 1.58 bits per heavy atom. The van der Waals surface area contributed by atoms with Crippen LogP contribution in [0.15, 0.2) is 0 Å². The minimum Gasteiger partial charge on any atom is -0.0650 e. The van der Waals surface area contributed by atoms with Gasteiger partial charge in [-0.05, 0) is 26.7 Å². The van der Waals surface area contributed by atoms with Gasteiger partial charge in [-0.25, -0.2) is 0 Å². The van der Waals surface area contributed by atoms with Crippen LogP contribution in [0.5, 0.6) is 0 Å². The second-order valence-electron chi connectivity index (χ2n) is 3.99. The van der Waals surface area contributed by atoms with E-state index in [1.807, 2.05) is 0 Å². The van der Waals surface area contributed by atoms with Crippen molar-refractivity contribution in [3.63, 3.8) is 0 Å². The molecule has 0 bridgehead atoms. The molecule has 0 aromatic rings. The molecule has 74 valence electrons. The van der Waals surface area contributed by atoms with Crippen LogP contribution in [-0.2, 0) is 0 Å². The molecule has 0 saturated carbocycles. The molecule has 0 radical (unpaired) electrons. The van der Waals surface area contributed by atoms with Crippen molar-refractivity contribution in [1.29, 1.82) is 0 Å². The van der Waals surface area contributed by atoms with E-state index in [2.05, 4.69) is 34.6 Å². The molecule has 0 aromatic carbocycles. The van der Waals surface area contributed by atoms with Gasteiger partial charge in [-0.15, -0.1) is 0 Å². The Labute approximate surface area is 79.5 Å². The lowest BCUT2D eigenvalue weighted by Crippen LogP contribution is -2.12. The highest BCUT2D eigenvalue weighted by atomic mass is 31.2. The molecule has 0 heterocycles. The first kappa shape index (κ1) is 12.4. The Hall–Kier alpha value is 0.430. The van der Waals surface area contributed by atoms with Gasteiger partial charge in [0.25, 0.3) is 0 Å². The molecule has 0 nitrogen and oxygen atoms in total. The van der Waals surface area contributed by atoms with Gasteiger partial charge in [0.2, 0.25) is 0 Å². The van der Waals surface area contributed by atoms with Crippen LogP contribution in [0.2, 0.25) is 0 Å². The highest BCUT2D eigenvalue weighted by Gasteiger charge is 2.32. The normalized spacial score (nSPS) is 14.8. The summed E-state index contributed by atoms with van der Waals surface area (Å²) in [5, 5.41) is 0. The van der Waals surface area contributed by atoms with Crippen LogP contribution in [0.4, 0.5) is 0 Å². The van der Waals surface area contributed by atoms with Crippen molar-refractivity contribution in [2.75, 3.05) is 24.6 Å². The Balaban J connectivity index is 4.09. The van der Waals surface area contributed by atoms with Crippen molar-refractivity contribution in [3.05, 3.63) is 0 Å². The van der Waals surface area contributed by atoms with E-state index in [1.54, 1.807) is 0 Å². The van der Waals surface area contributed by atoms with Gasteiger partial charge >= 0.3 is 0 Å². The number of rotatable bonds is 6. The predicted octanol–water partition coefficient (Wildman–Crippen LogP) is 4.11. The molecule has 0 amide bonds. The summed E-state index contributed by atoms with van der Waals surface area (Å²) in [7, 11) is -0.512. The third-order valence-corrected chi connectivity index (χ3v) is 8.83. The lowest BCUT2D eigenvalue weighted by molar-refractivity contribution is 0.629. The first-order valence-electron chi connectivity index (χ1n) is 5.49. The molecular weight excluding hydrogens is 163 g/mol. The summed E-state index contributed by atoms with van der Waals surface area (Å²) in [6, 6.07) is 0. The topological polar surface area (TPSA) is 0 Å². The van der Waals surface area contributed by atoms with E-state index in [-0.39, 0.29) is 0 Å². The molecule has 0 fully saturated rings. The van der Waals surface area contributed by atoms with Crippen molar-refractivity contribution in [2.45, 2.75) is 41.0 Å². The van der Waals surface area contributed by atoms with E-state index in [9.17, 15) is 0 Å². The zero-order valence-corrected chi connectivity index (χ0v) is 10.5. The second-order valence-corrected chi connectivity index (χ2v) is 8.93. The Bertz CT molecular complexity index is 97.3. The standard InChI is InChI=1S/C11H26P/c1-6-11(5)10-12(7-2,8-3)9-4/h11H,6-10H2,1-5H3/q+1. The molecule has 0 aromatic heterocycles. The average Bonchev–Trinajstić information content (AvgIpc) is 2.14. The average molecular weight is 189 g/mol. The fourth-order valence-corrected chi connectivity index (χ4v) is 5.55. The van der Waals surface area contributed by atoms with Crippen molar-refractivity contribution in [1.82, 2.24) is 0 Å². The quantitative estimate of drug-likeness (QED) is 0.552. The Morgan fingerprint density at radius 1 is 0.917 bits per heavy atom. The molecule has 1 unspecified atom stereocenters. The molecule has 0 spiro atoms. The number of hydrogen-bond acceptors (Lipinski definition) is 0. The molecule has 0 saturated heterocycles. The minimum atomic E-state index is -0.512. The van der Waals surface area contributed by atoms with E-state index < -0.39 is 7.26 Å². The van der Waals surface area contributed by atoms with Crippen molar-refractivity contribution < 1.29 is 0 Å². The SMILES string of the molecule is CCC(C)C[P+](CC)(CC)CC. The third kappa shape index (κ3) is 3.44. The monoisotopic (exact) mass is 189 g/mol. The lowest BCUT2D eigenvalue weighted by Gasteiger charge is -2.26. The summed E-state index contributed by atoms with van der Waals surface area (Å²) in [6.45, 7) is 11.9. The maximum atomic E-state index is 2.41. The van der Waals surface area contributed by atoms with E-state index in [1.165, 1.54) is 31.1 Å². The van der Waals surface area contributed by atoms with Gasteiger partial charge in [0.05, 0.1) is 24.6 Å². The molecule has 0 aliphatic carbocycles. The molecular formula is C11H26P+. The van der Waals surface area contributed by atoms with Gasteiger partial charge in [-0.3, -0.25) is 0 Å². The van der Waals surface area contributed by atoms with Crippen LogP contribution in [-0.4, -0.2) is 24.6 Å². The van der Waals surface area contributed by atoms with Crippen LogP contribution in [0.25, 0.3) is 0 Å². The summed E-state index contributed by atoms with van der Waals surface area (Å²) in [4.78, 5) is 0. The van der Waals surface area contributed by atoms with Crippen molar-refractivity contribution in [2.24, 2.45) is 5.92 Å². The summed E-state index contributed by atoms with van der Waals surface area (Å²) in [5.74, 6) is 0.957. The largest absolute Gasteiger partial charge is 0.0650 e. The lowest BCUT2D eigenvalue weighted by atomic mass is 10.2. The van der Waals surface area contributed by atoms with Gasteiger partial charge < -0.3 is 0 Å². The molecule has 0 aliphatic heterocycles. The number of hydrogen-bond donors (Lipinski definition) is 0. The molecule has 0 rings (SSSR count). The maximum Gasteiger partial charge on any atom is 0.0619 e. The highest BCUT2D eigenvalue weighted by Crippen LogP contribution is 2.59. The first-order valence-corrected chi connectivity index (χ1v) is 8.02. The summed E-state index contributed by atoms with van der Waals surface area (Å²) in [6.07, 6.45) is 7.29. The molecule has 1 atom stereocenters. The zero-order valence-electron chi connectivity index (χ0n) is 9.56. The fourth-order valence-electron chi connectivity index (χ4n) is 1.85. The van der Waals surface area contributed by atoms with E-state index in [4.69, 9.17) is 0 Å². The Morgan fingerprint density at radius 2 is 1.33 bits per heavy atom. The summed E-state index contributed by atoms with van der Waals surface area (Å²) in [5.41, 5.74) is 0. The Kier molecular flexibility index (Phi) is 6.19. The predicted molar refractivity (Wildman–Crippen MR) is 62.9 cm³/mol. The molecule has 1 heteroatoms. The highest BCUT2D eigenvalue weighted by molar-refractivity contribution is 7.75. The van der Waals surface area contributed by atoms with Gasteiger partial charge in [-0.2, -0.15) is 0 Å². The summed E-state index contributed by atoms with van der Waals surface area (Å²) < 4.78 is 0. The van der Waals surface area contributed by atoms with E-state index >= 15 is 0 Å². The van der Waals surface area contributed by atoms with Crippen LogP contribution < -0.4 is 0 Å². The first-order chi connectivity index (χ1) is 5.64. The smallest absolute Gasteiger partial charge is 0.0619 e. The molecule has 0 aliphatic rings. The van der Waals surface area contributed by atoms with Gasteiger partial charge in [-0.1, -0.05) is 20.3 Å². The molecule has 0 N–H and O–H groups in total. The summed E-state index contributed by atoms with van der Waals surface area (Å²) >= 11 is 0. The second kappa shape index (κ2) is 5.97. The van der Waals surface area contributed by atoms with E-state index in [0.717, 1.165) is 5.92 Å². The maximum absolute atomic E-state index is 2.41.